The van der Waals surface area contributed by atoms with Crippen LogP contribution in [0.25, 0.3) is 10.9 Å². The Morgan fingerprint density at radius 2 is 1.70 bits per heavy atom. The van der Waals surface area contributed by atoms with Gasteiger partial charge in [-0.2, -0.15) is 0 Å². The summed E-state index contributed by atoms with van der Waals surface area (Å²) < 4.78 is 29.9. The summed E-state index contributed by atoms with van der Waals surface area (Å²) in [6.07, 6.45) is 2.76. The van der Waals surface area contributed by atoms with Gasteiger partial charge in [0.15, 0.2) is 0 Å². The van der Waals surface area contributed by atoms with Crippen molar-refractivity contribution in [3.8, 4) is 0 Å². The number of carbonyl (C=O) groups excluding carboxylic acids is 1. The van der Waals surface area contributed by atoms with E-state index in [-0.39, 0.29) is 24.1 Å². The van der Waals surface area contributed by atoms with Gasteiger partial charge in [0.2, 0.25) is 5.91 Å². The van der Waals surface area contributed by atoms with Crippen LogP contribution >= 0.6 is 0 Å². The zero-order chi connectivity index (χ0) is 26.2. The Kier molecular flexibility index (Phi) is 6.59. The van der Waals surface area contributed by atoms with E-state index in [1.807, 2.05) is 24.0 Å². The van der Waals surface area contributed by atoms with Crippen LogP contribution in [0.2, 0.25) is 0 Å². The van der Waals surface area contributed by atoms with Crippen molar-refractivity contribution < 1.29 is 14.6 Å². The van der Waals surface area contributed by atoms with E-state index in [0.717, 1.165) is 16.9 Å². The van der Waals surface area contributed by atoms with Crippen LogP contribution in [0.15, 0.2) is 72.0 Å². The number of benzene rings is 2. The van der Waals surface area contributed by atoms with Crippen LogP contribution in [-0.2, 0) is 14.8 Å². The molecule has 1 saturated heterocycles. The third-order valence-electron chi connectivity index (χ3n) is 7.14. The van der Waals surface area contributed by atoms with E-state index in [4.69, 9.17) is 0 Å². The second-order valence-electron chi connectivity index (χ2n) is 9.28. The first kappa shape index (κ1) is 24.8. The Labute approximate surface area is 218 Å². The Hall–Kier alpha value is -3.92. The Bertz CT molecular complexity index is 1530. The zero-order valence-electron chi connectivity index (χ0n) is 21.1. The van der Waals surface area contributed by atoms with Gasteiger partial charge in [0.1, 0.15) is 18.2 Å². The number of hydrogen-bond acceptors (Lipinski definition) is 6. The van der Waals surface area contributed by atoms with Gasteiger partial charge in [0.25, 0.3) is 10.0 Å². The Morgan fingerprint density at radius 3 is 2.38 bits per heavy atom. The monoisotopic (exact) mass is 520 g/mol. The lowest BCUT2D eigenvalue weighted by Gasteiger charge is -2.37. The number of amides is 1. The van der Waals surface area contributed by atoms with Crippen molar-refractivity contribution in [3.63, 3.8) is 0 Å². The molecule has 1 unspecified atom stereocenters. The molecule has 0 aliphatic carbocycles. The smallest absolute Gasteiger partial charge is 0.263 e. The van der Waals surface area contributed by atoms with E-state index < -0.39 is 10.0 Å². The second kappa shape index (κ2) is 9.85. The van der Waals surface area contributed by atoms with Crippen molar-refractivity contribution in [2.45, 2.75) is 31.7 Å². The zero-order valence-corrected chi connectivity index (χ0v) is 21.9. The predicted octanol–water partition coefficient (Wildman–Crippen LogP) is 4.00. The molecule has 2 aromatic heterocycles. The molecule has 9 nitrogen and oxygen atoms in total. The molecule has 1 aliphatic heterocycles. The van der Waals surface area contributed by atoms with E-state index in [1.54, 1.807) is 24.3 Å². The molecule has 0 bridgehead atoms. The number of para-hydroxylation sites is 1. The minimum Gasteiger partial charge on any atom is -0.368 e. The summed E-state index contributed by atoms with van der Waals surface area (Å²) in [6.45, 7) is 8.72. The van der Waals surface area contributed by atoms with Crippen molar-refractivity contribution in [1.82, 2.24) is 19.4 Å². The number of nitrogens with one attached hydrogen (secondary N) is 1. The Balaban J connectivity index is 0.00000336. The molecule has 2 aromatic carbocycles. The molecule has 1 amide bonds. The summed E-state index contributed by atoms with van der Waals surface area (Å²) in [5.41, 5.74) is 4.33. The maximum absolute atomic E-state index is 13.5. The van der Waals surface area contributed by atoms with Gasteiger partial charge < -0.3 is 14.4 Å². The molecular weight excluding hydrogens is 488 g/mol. The summed E-state index contributed by atoms with van der Waals surface area (Å²) in [5, 5.41) is 1.18. The molecule has 5 rings (SSSR count). The van der Waals surface area contributed by atoms with Gasteiger partial charge in [-0.3, -0.25) is 9.52 Å². The van der Waals surface area contributed by atoms with Crippen molar-refractivity contribution >= 4 is 38.3 Å². The van der Waals surface area contributed by atoms with Crippen LogP contribution in [0.4, 0.5) is 11.5 Å². The minimum absolute atomic E-state index is 0. The van der Waals surface area contributed by atoms with Crippen LogP contribution in [0, 0.1) is 13.8 Å². The number of aryl methyl sites for hydroxylation is 1. The lowest BCUT2D eigenvalue weighted by molar-refractivity contribution is -0.134. The molecule has 0 saturated carbocycles. The number of rotatable bonds is 6. The van der Waals surface area contributed by atoms with E-state index in [1.165, 1.54) is 29.5 Å². The third-order valence-corrected chi connectivity index (χ3v) is 8.51. The lowest BCUT2D eigenvalue weighted by Crippen LogP contribution is -2.50. The fourth-order valence-electron chi connectivity index (χ4n) is 5.00. The molecule has 1 N–H and O–H groups in total. The minimum atomic E-state index is -3.75. The maximum Gasteiger partial charge on any atom is 0.263 e. The maximum atomic E-state index is 13.5. The average Bonchev–Trinajstić information content (AvgIpc) is 3.18. The molecule has 1 atom stereocenters. The summed E-state index contributed by atoms with van der Waals surface area (Å²) in [6, 6.07) is 16.2. The number of aromatic nitrogens is 3. The van der Waals surface area contributed by atoms with Gasteiger partial charge in [-0.25, -0.2) is 18.4 Å². The summed E-state index contributed by atoms with van der Waals surface area (Å²) in [5.74, 6) is 0.327. The first-order chi connectivity index (χ1) is 17.8. The number of hydrogen-bond donors (Lipinski definition) is 1. The van der Waals surface area contributed by atoms with Gasteiger partial charge in [0, 0.05) is 56.1 Å². The van der Waals surface area contributed by atoms with E-state index in [9.17, 15) is 13.2 Å². The molecule has 0 radical (unpaired) electrons. The normalized spacial score (nSPS) is 15.1. The van der Waals surface area contributed by atoms with Gasteiger partial charge in [-0.1, -0.05) is 18.2 Å². The second-order valence-corrected chi connectivity index (χ2v) is 11.0. The highest BCUT2D eigenvalue weighted by atomic mass is 32.2. The number of fused-ring (bicyclic) bond motifs is 1. The largest absolute Gasteiger partial charge is 0.368 e. The highest BCUT2D eigenvalue weighted by molar-refractivity contribution is 7.92. The standard InChI is InChI=1S/C27H30N6O3S.H2/c1-19-20(2)33(25-7-5-4-6-24(19)25)21(3)27(34)32-16-14-31(15-17-32)22-8-10-23(11-9-22)37(35,36)30-26-12-13-28-18-29-26;/h4-13,18,21H,14-17H2,1-3H3,(H,28,29,30);1H. The first-order valence-electron chi connectivity index (χ1n) is 12.2. The van der Waals surface area contributed by atoms with Crippen molar-refractivity contribution in [1.29, 1.82) is 0 Å². The lowest BCUT2D eigenvalue weighted by atomic mass is 10.2. The summed E-state index contributed by atoms with van der Waals surface area (Å²) >= 11 is 0. The van der Waals surface area contributed by atoms with E-state index in [2.05, 4.69) is 50.1 Å². The number of sulfonamides is 1. The molecule has 1 aliphatic rings. The highest BCUT2D eigenvalue weighted by Gasteiger charge is 2.28. The summed E-state index contributed by atoms with van der Waals surface area (Å²) in [7, 11) is -3.75. The molecule has 1 fully saturated rings. The molecule has 37 heavy (non-hydrogen) atoms. The topological polar surface area (TPSA) is 100 Å². The Morgan fingerprint density at radius 1 is 1.00 bits per heavy atom. The van der Waals surface area contributed by atoms with Crippen molar-refractivity contribution in [3.05, 3.63) is 78.4 Å². The van der Waals surface area contributed by atoms with E-state index in [0.29, 0.717) is 26.2 Å². The van der Waals surface area contributed by atoms with Crippen LogP contribution in [-0.4, -0.2) is 59.9 Å². The fourth-order valence-corrected chi connectivity index (χ4v) is 6.01. The molecule has 194 valence electrons. The van der Waals surface area contributed by atoms with Gasteiger partial charge in [-0.05, 0) is 62.7 Å². The summed E-state index contributed by atoms with van der Waals surface area (Å²) in [4.78, 5) is 25.4. The van der Waals surface area contributed by atoms with Gasteiger partial charge in [-0.15, -0.1) is 0 Å². The van der Waals surface area contributed by atoms with Crippen molar-refractivity contribution in [2.24, 2.45) is 0 Å². The van der Waals surface area contributed by atoms with Crippen LogP contribution in [0.3, 0.4) is 0 Å². The van der Waals surface area contributed by atoms with Gasteiger partial charge >= 0.3 is 0 Å². The average molecular weight is 521 g/mol. The fraction of sp³-hybridized carbons (Fsp3) is 0.296. The van der Waals surface area contributed by atoms with Crippen molar-refractivity contribution in [2.75, 3.05) is 35.8 Å². The SMILES string of the molecule is Cc1c(C)n(C(C)C(=O)N2CCN(c3ccc(S(=O)(=O)Nc4ccncn4)cc3)CC2)c2ccccc12.[HH]. The number of nitrogens with zero attached hydrogens (tertiary/aromatic N) is 5. The number of anilines is 2. The molecular formula is C27H32N6O3S. The van der Waals surface area contributed by atoms with Crippen LogP contribution < -0.4 is 9.62 Å². The van der Waals surface area contributed by atoms with Crippen LogP contribution in [0.5, 0.6) is 0 Å². The molecule has 10 heteroatoms. The third kappa shape index (κ3) is 4.76. The highest BCUT2D eigenvalue weighted by Crippen LogP contribution is 2.29. The van der Waals surface area contributed by atoms with Crippen LogP contribution in [0.1, 0.15) is 25.6 Å². The van der Waals surface area contributed by atoms with E-state index >= 15 is 0 Å². The molecule has 4 aromatic rings. The number of carbonyl (C=O) groups is 1. The quantitative estimate of drug-likeness (QED) is 0.412. The molecule has 3 heterocycles. The number of piperazine rings is 1. The predicted molar refractivity (Wildman–Crippen MR) is 146 cm³/mol. The molecule has 0 spiro atoms. The van der Waals surface area contributed by atoms with Gasteiger partial charge in [0.05, 0.1) is 4.90 Å². The first-order valence-corrected chi connectivity index (χ1v) is 13.7.